The third-order valence-corrected chi connectivity index (χ3v) is 3.42. The van der Waals surface area contributed by atoms with Crippen LogP contribution < -0.4 is 0 Å². The molecule has 18 heavy (non-hydrogen) atoms. The van der Waals surface area contributed by atoms with Gasteiger partial charge in [0.2, 0.25) is 0 Å². The first-order valence-electron chi connectivity index (χ1n) is 6.42. The number of aliphatic hydroxyl groups is 1. The second-order valence-corrected chi connectivity index (χ2v) is 4.73. The van der Waals surface area contributed by atoms with Gasteiger partial charge in [-0.25, -0.2) is 0 Å². The van der Waals surface area contributed by atoms with Crippen LogP contribution in [-0.2, 0) is 11.3 Å². The highest BCUT2D eigenvalue weighted by Crippen LogP contribution is 2.30. The second kappa shape index (κ2) is 5.98. The predicted molar refractivity (Wildman–Crippen MR) is 73.2 cm³/mol. The van der Waals surface area contributed by atoms with E-state index in [9.17, 15) is 5.11 Å². The molecule has 1 aromatic rings. The fraction of sp³-hybridized carbons (Fsp3) is 0.375. The third kappa shape index (κ3) is 3.09. The molecule has 0 aliphatic heterocycles. The zero-order valence-electron chi connectivity index (χ0n) is 10.6. The fourth-order valence-corrected chi connectivity index (χ4v) is 2.26. The molecule has 0 aromatic heterocycles. The number of benzene rings is 1. The van der Waals surface area contributed by atoms with Crippen molar-refractivity contribution in [3.63, 3.8) is 0 Å². The minimum atomic E-state index is -0.866. The van der Waals surface area contributed by atoms with Gasteiger partial charge in [-0.1, -0.05) is 49.1 Å². The zero-order valence-corrected chi connectivity index (χ0v) is 10.6. The summed E-state index contributed by atoms with van der Waals surface area (Å²) in [5, 5.41) is 10.4. The first kappa shape index (κ1) is 13.1. The van der Waals surface area contributed by atoms with E-state index in [1.807, 2.05) is 30.3 Å². The molecule has 2 heteroatoms. The van der Waals surface area contributed by atoms with Gasteiger partial charge in [-0.3, -0.25) is 0 Å². The van der Waals surface area contributed by atoms with Crippen molar-refractivity contribution in [3.8, 4) is 0 Å². The lowest BCUT2D eigenvalue weighted by Gasteiger charge is -2.31. The van der Waals surface area contributed by atoms with Gasteiger partial charge >= 0.3 is 0 Å². The Hall–Kier alpha value is -1.38. The number of hydrogen-bond donors (Lipinski definition) is 1. The van der Waals surface area contributed by atoms with Crippen LogP contribution >= 0.6 is 0 Å². The number of hydrogen-bond acceptors (Lipinski definition) is 2. The van der Waals surface area contributed by atoms with Gasteiger partial charge in [0.25, 0.3) is 0 Å². The highest BCUT2D eigenvalue weighted by Gasteiger charge is 2.29. The van der Waals surface area contributed by atoms with E-state index in [0.717, 1.165) is 30.4 Å². The molecule has 1 unspecified atom stereocenters. The van der Waals surface area contributed by atoms with Crippen LogP contribution in [0.4, 0.5) is 0 Å². The molecule has 1 aliphatic carbocycles. The molecular weight excluding hydrogens is 224 g/mol. The highest BCUT2D eigenvalue weighted by molar-refractivity contribution is 5.26. The van der Waals surface area contributed by atoms with Gasteiger partial charge in [0.05, 0.1) is 13.2 Å². The molecule has 1 aliphatic rings. The number of rotatable bonds is 5. The summed E-state index contributed by atoms with van der Waals surface area (Å²) in [5.41, 5.74) is 1.23. The Bertz CT molecular complexity index is 422. The number of allylic oxidation sites excluding steroid dienone is 1. The largest absolute Gasteiger partial charge is 0.381 e. The van der Waals surface area contributed by atoms with Crippen LogP contribution in [0.1, 0.15) is 24.8 Å². The molecule has 0 spiro atoms. The Kier molecular flexibility index (Phi) is 4.34. The van der Waals surface area contributed by atoms with Crippen LogP contribution in [0.2, 0.25) is 0 Å². The Balaban J connectivity index is 1.90. The minimum Gasteiger partial charge on any atom is -0.381 e. The summed E-state index contributed by atoms with van der Waals surface area (Å²) < 4.78 is 5.68. The molecule has 0 bridgehead atoms. The maximum absolute atomic E-state index is 10.4. The molecule has 1 aromatic carbocycles. The third-order valence-electron chi connectivity index (χ3n) is 3.42. The molecule has 2 rings (SSSR count). The average molecular weight is 244 g/mol. The van der Waals surface area contributed by atoms with Gasteiger partial charge in [-0.05, 0) is 30.4 Å². The normalized spacial score (nSPS) is 23.5. The molecule has 0 saturated carbocycles. The van der Waals surface area contributed by atoms with Crippen LogP contribution in [0.25, 0.3) is 0 Å². The lowest BCUT2D eigenvalue weighted by Crippen LogP contribution is -2.32. The van der Waals surface area contributed by atoms with E-state index in [2.05, 4.69) is 12.7 Å². The van der Waals surface area contributed by atoms with E-state index in [1.54, 1.807) is 6.08 Å². The summed E-state index contributed by atoms with van der Waals surface area (Å²) >= 11 is 0. The first-order chi connectivity index (χ1) is 8.74. The van der Waals surface area contributed by atoms with Gasteiger partial charge in [0.1, 0.15) is 5.60 Å². The van der Waals surface area contributed by atoms with E-state index in [1.165, 1.54) is 0 Å². The first-order valence-corrected chi connectivity index (χ1v) is 6.42. The van der Waals surface area contributed by atoms with Crippen molar-refractivity contribution in [1.82, 2.24) is 0 Å². The van der Waals surface area contributed by atoms with Gasteiger partial charge < -0.3 is 9.84 Å². The van der Waals surface area contributed by atoms with Crippen molar-refractivity contribution in [1.29, 1.82) is 0 Å². The van der Waals surface area contributed by atoms with Crippen LogP contribution in [0, 0.1) is 0 Å². The SMILES string of the molecule is C=CC1(O)CCCC=C1COCc1ccccc1. The Morgan fingerprint density at radius 1 is 1.28 bits per heavy atom. The van der Waals surface area contributed by atoms with Gasteiger partial charge in [-0.15, -0.1) is 0 Å². The van der Waals surface area contributed by atoms with Crippen molar-refractivity contribution in [2.24, 2.45) is 0 Å². The molecule has 2 nitrogen and oxygen atoms in total. The van der Waals surface area contributed by atoms with Crippen LogP contribution in [0.15, 0.2) is 54.6 Å². The van der Waals surface area contributed by atoms with E-state index >= 15 is 0 Å². The summed E-state index contributed by atoms with van der Waals surface area (Å²) in [5.74, 6) is 0. The van der Waals surface area contributed by atoms with Crippen LogP contribution in [0.5, 0.6) is 0 Å². The van der Waals surface area contributed by atoms with Crippen LogP contribution in [-0.4, -0.2) is 17.3 Å². The van der Waals surface area contributed by atoms with E-state index in [4.69, 9.17) is 4.74 Å². The summed E-state index contributed by atoms with van der Waals surface area (Å²) in [4.78, 5) is 0. The Labute approximate surface area is 109 Å². The van der Waals surface area contributed by atoms with Crippen molar-refractivity contribution in [2.45, 2.75) is 31.5 Å². The smallest absolute Gasteiger partial charge is 0.106 e. The summed E-state index contributed by atoms with van der Waals surface area (Å²) in [6.45, 7) is 4.77. The van der Waals surface area contributed by atoms with E-state index < -0.39 is 5.60 Å². The lowest BCUT2D eigenvalue weighted by molar-refractivity contribution is 0.0706. The van der Waals surface area contributed by atoms with E-state index in [0.29, 0.717) is 13.2 Å². The maximum atomic E-state index is 10.4. The van der Waals surface area contributed by atoms with Gasteiger partial charge in [-0.2, -0.15) is 0 Å². The number of ether oxygens (including phenoxy) is 1. The molecular formula is C16H20O2. The lowest BCUT2D eigenvalue weighted by atomic mass is 9.84. The fourth-order valence-electron chi connectivity index (χ4n) is 2.26. The zero-order chi connectivity index (χ0) is 12.8. The van der Waals surface area contributed by atoms with E-state index in [-0.39, 0.29) is 0 Å². The topological polar surface area (TPSA) is 29.5 Å². The van der Waals surface area contributed by atoms with Gasteiger partial charge in [0, 0.05) is 0 Å². The summed E-state index contributed by atoms with van der Waals surface area (Å²) in [6, 6.07) is 10.1. The Morgan fingerprint density at radius 3 is 2.78 bits per heavy atom. The van der Waals surface area contributed by atoms with Gasteiger partial charge in [0.15, 0.2) is 0 Å². The highest BCUT2D eigenvalue weighted by atomic mass is 16.5. The molecule has 0 radical (unpaired) electrons. The predicted octanol–water partition coefficient (Wildman–Crippen LogP) is 3.23. The van der Waals surface area contributed by atoms with Crippen molar-refractivity contribution >= 4 is 0 Å². The monoisotopic (exact) mass is 244 g/mol. The molecule has 0 fully saturated rings. The average Bonchev–Trinajstić information content (AvgIpc) is 2.42. The maximum Gasteiger partial charge on any atom is 0.106 e. The minimum absolute atomic E-state index is 0.470. The van der Waals surface area contributed by atoms with Crippen molar-refractivity contribution in [3.05, 3.63) is 60.2 Å². The molecule has 0 heterocycles. The van der Waals surface area contributed by atoms with Crippen LogP contribution in [0.3, 0.4) is 0 Å². The molecule has 1 atom stereocenters. The Morgan fingerprint density at radius 2 is 2.06 bits per heavy atom. The molecule has 1 N–H and O–H groups in total. The van der Waals surface area contributed by atoms with Crippen molar-refractivity contribution in [2.75, 3.05) is 6.61 Å². The quantitative estimate of drug-likeness (QED) is 0.806. The summed E-state index contributed by atoms with van der Waals surface area (Å²) in [6.07, 6.45) is 6.47. The molecule has 96 valence electrons. The van der Waals surface area contributed by atoms with Crippen molar-refractivity contribution < 1.29 is 9.84 Å². The summed E-state index contributed by atoms with van der Waals surface area (Å²) in [7, 11) is 0. The second-order valence-electron chi connectivity index (χ2n) is 4.73. The standard InChI is InChI=1S/C16H20O2/c1-2-16(17)11-7-6-10-15(16)13-18-12-14-8-4-3-5-9-14/h2-5,8-10,17H,1,6-7,11-13H2. The molecule has 0 amide bonds. The molecule has 0 saturated heterocycles.